The van der Waals surface area contributed by atoms with Crippen LogP contribution >= 0.6 is 0 Å². The van der Waals surface area contributed by atoms with Gasteiger partial charge < -0.3 is 10.4 Å². The lowest BCUT2D eigenvalue weighted by molar-refractivity contribution is 0.288. The highest BCUT2D eigenvalue weighted by Crippen LogP contribution is 1.96. The minimum Gasteiger partial charge on any atom is -0.395 e. The molecule has 2 N–H and O–H groups in total. The fourth-order valence-electron chi connectivity index (χ4n) is 0.572. The number of hydrogen-bond donors (Lipinski definition) is 2. The highest BCUT2D eigenvalue weighted by molar-refractivity contribution is 4.52. The standard InChI is InChI=1S/C7H17NO.H2/c1-3-7(2)6-8-4-5-9;/h7-9H,3-6H2,1-2H3;1H. The Hall–Kier alpha value is -0.0800. The Kier molecular flexibility index (Phi) is 5.99. The first-order valence-corrected chi connectivity index (χ1v) is 3.62. The minimum absolute atomic E-state index is 0. The van der Waals surface area contributed by atoms with Crippen molar-refractivity contribution in [1.82, 2.24) is 5.32 Å². The summed E-state index contributed by atoms with van der Waals surface area (Å²) in [6.45, 7) is 6.37. The molecule has 0 radical (unpaired) electrons. The number of nitrogens with one attached hydrogen (secondary N) is 1. The lowest BCUT2D eigenvalue weighted by atomic mass is 10.1. The van der Waals surface area contributed by atoms with Gasteiger partial charge in [-0.3, -0.25) is 0 Å². The second-order valence-corrected chi connectivity index (χ2v) is 2.44. The predicted molar refractivity (Wildman–Crippen MR) is 41.5 cm³/mol. The molecule has 0 bridgehead atoms. The van der Waals surface area contributed by atoms with E-state index in [4.69, 9.17) is 5.11 Å². The average Bonchev–Trinajstić information content (AvgIpc) is 1.89. The predicted octanol–water partition coefficient (Wildman–Crippen LogP) is 0.860. The molecule has 0 rings (SSSR count). The molecule has 0 saturated heterocycles. The number of rotatable bonds is 5. The molecule has 1 unspecified atom stereocenters. The van der Waals surface area contributed by atoms with E-state index in [1.165, 1.54) is 6.42 Å². The van der Waals surface area contributed by atoms with E-state index in [1.54, 1.807) is 0 Å². The van der Waals surface area contributed by atoms with Gasteiger partial charge >= 0.3 is 0 Å². The molecule has 0 aliphatic carbocycles. The molecule has 0 aromatic carbocycles. The molecule has 0 aromatic rings. The Morgan fingerprint density at radius 3 is 2.78 bits per heavy atom. The zero-order valence-electron chi connectivity index (χ0n) is 6.35. The van der Waals surface area contributed by atoms with Crippen LogP contribution in [0.4, 0.5) is 0 Å². The van der Waals surface area contributed by atoms with Crippen LogP contribution in [0.1, 0.15) is 21.7 Å². The maximum atomic E-state index is 8.39. The Morgan fingerprint density at radius 2 is 2.33 bits per heavy atom. The maximum absolute atomic E-state index is 8.39. The first kappa shape index (κ1) is 8.92. The average molecular weight is 133 g/mol. The molecule has 9 heavy (non-hydrogen) atoms. The third kappa shape index (κ3) is 5.80. The first-order chi connectivity index (χ1) is 4.31. The van der Waals surface area contributed by atoms with E-state index in [0.717, 1.165) is 19.0 Å². The molecule has 0 amide bonds. The van der Waals surface area contributed by atoms with Gasteiger partial charge in [0.1, 0.15) is 0 Å². The molecule has 0 heterocycles. The lowest BCUT2D eigenvalue weighted by Crippen LogP contribution is -2.23. The van der Waals surface area contributed by atoms with E-state index in [9.17, 15) is 0 Å². The van der Waals surface area contributed by atoms with Crippen LogP contribution in [0.5, 0.6) is 0 Å². The third-order valence-corrected chi connectivity index (χ3v) is 1.48. The van der Waals surface area contributed by atoms with Gasteiger partial charge in [0.15, 0.2) is 0 Å². The van der Waals surface area contributed by atoms with Crippen molar-refractivity contribution in [3.8, 4) is 0 Å². The van der Waals surface area contributed by atoms with Crippen LogP contribution in [-0.4, -0.2) is 24.8 Å². The smallest absolute Gasteiger partial charge is 0.0555 e. The van der Waals surface area contributed by atoms with E-state index in [-0.39, 0.29) is 8.03 Å². The second kappa shape index (κ2) is 6.05. The highest BCUT2D eigenvalue weighted by atomic mass is 16.3. The molecule has 0 saturated carbocycles. The number of aliphatic hydroxyl groups is 1. The zero-order chi connectivity index (χ0) is 7.11. The lowest BCUT2D eigenvalue weighted by Gasteiger charge is -2.07. The van der Waals surface area contributed by atoms with Gasteiger partial charge in [0.05, 0.1) is 6.61 Å². The van der Waals surface area contributed by atoms with Gasteiger partial charge in [0.25, 0.3) is 0 Å². The van der Waals surface area contributed by atoms with Gasteiger partial charge in [-0.25, -0.2) is 0 Å². The van der Waals surface area contributed by atoms with Crippen LogP contribution in [0.2, 0.25) is 0 Å². The topological polar surface area (TPSA) is 32.3 Å². The van der Waals surface area contributed by atoms with E-state index in [1.807, 2.05) is 0 Å². The van der Waals surface area contributed by atoms with Gasteiger partial charge in [-0.1, -0.05) is 20.3 Å². The van der Waals surface area contributed by atoms with Crippen LogP contribution in [-0.2, 0) is 0 Å². The van der Waals surface area contributed by atoms with E-state index >= 15 is 0 Å². The molecule has 2 nitrogen and oxygen atoms in total. The van der Waals surface area contributed by atoms with Crippen molar-refractivity contribution < 1.29 is 6.53 Å². The summed E-state index contributed by atoms with van der Waals surface area (Å²) < 4.78 is 0. The fourth-order valence-corrected chi connectivity index (χ4v) is 0.572. The van der Waals surface area contributed by atoms with Gasteiger partial charge in [0.2, 0.25) is 0 Å². The summed E-state index contributed by atoms with van der Waals surface area (Å²) in [5, 5.41) is 11.5. The summed E-state index contributed by atoms with van der Waals surface area (Å²) >= 11 is 0. The molecule has 0 spiro atoms. The highest BCUT2D eigenvalue weighted by Gasteiger charge is 1.94. The summed E-state index contributed by atoms with van der Waals surface area (Å²) in [4.78, 5) is 0. The van der Waals surface area contributed by atoms with Crippen molar-refractivity contribution in [2.24, 2.45) is 5.92 Å². The van der Waals surface area contributed by atoms with Crippen molar-refractivity contribution in [3.05, 3.63) is 0 Å². The molecule has 0 aromatic heterocycles. The Balaban J connectivity index is 0. The summed E-state index contributed by atoms with van der Waals surface area (Å²) in [5.74, 6) is 0.733. The fraction of sp³-hybridized carbons (Fsp3) is 1.00. The zero-order valence-corrected chi connectivity index (χ0v) is 6.35. The summed E-state index contributed by atoms with van der Waals surface area (Å²) in [7, 11) is 0. The minimum atomic E-state index is 0. The number of hydrogen-bond acceptors (Lipinski definition) is 2. The Bertz CT molecular complexity index is 61.6. The van der Waals surface area contributed by atoms with Crippen molar-refractivity contribution in [2.45, 2.75) is 20.3 Å². The molecule has 0 aliphatic rings. The summed E-state index contributed by atoms with van der Waals surface area (Å²) in [5.41, 5.74) is 0. The summed E-state index contributed by atoms with van der Waals surface area (Å²) in [6, 6.07) is 0. The quantitative estimate of drug-likeness (QED) is 0.545. The van der Waals surface area contributed by atoms with Crippen molar-refractivity contribution >= 4 is 0 Å². The van der Waals surface area contributed by atoms with E-state index in [0.29, 0.717) is 0 Å². The van der Waals surface area contributed by atoms with Crippen molar-refractivity contribution in [2.75, 3.05) is 19.7 Å². The maximum Gasteiger partial charge on any atom is 0.0555 e. The molecular weight excluding hydrogens is 114 g/mol. The van der Waals surface area contributed by atoms with E-state index < -0.39 is 0 Å². The monoisotopic (exact) mass is 133 g/mol. The van der Waals surface area contributed by atoms with Gasteiger partial charge in [-0.2, -0.15) is 0 Å². The molecule has 2 heteroatoms. The normalized spacial score (nSPS) is 13.7. The van der Waals surface area contributed by atoms with Gasteiger partial charge in [-0.15, -0.1) is 0 Å². The molecule has 58 valence electrons. The third-order valence-electron chi connectivity index (χ3n) is 1.48. The summed E-state index contributed by atoms with van der Waals surface area (Å²) in [6.07, 6.45) is 1.21. The Morgan fingerprint density at radius 1 is 1.67 bits per heavy atom. The number of aliphatic hydroxyl groups excluding tert-OH is 1. The SMILES string of the molecule is CCC(C)CNCCO.[HH]. The van der Waals surface area contributed by atoms with Crippen LogP contribution in [0, 0.1) is 5.92 Å². The van der Waals surface area contributed by atoms with E-state index in [2.05, 4.69) is 19.2 Å². The largest absolute Gasteiger partial charge is 0.395 e. The molecule has 0 fully saturated rings. The molecule has 1 atom stereocenters. The molecule has 0 aliphatic heterocycles. The second-order valence-electron chi connectivity index (χ2n) is 2.44. The van der Waals surface area contributed by atoms with Crippen LogP contribution in [0.15, 0.2) is 0 Å². The van der Waals surface area contributed by atoms with Crippen LogP contribution in [0.3, 0.4) is 0 Å². The van der Waals surface area contributed by atoms with Gasteiger partial charge in [-0.05, 0) is 12.5 Å². The van der Waals surface area contributed by atoms with Crippen LogP contribution in [0.25, 0.3) is 0 Å². The van der Waals surface area contributed by atoms with Crippen LogP contribution < -0.4 is 5.32 Å². The Labute approximate surface area is 58.8 Å². The van der Waals surface area contributed by atoms with Crippen molar-refractivity contribution in [3.63, 3.8) is 0 Å². The van der Waals surface area contributed by atoms with Crippen molar-refractivity contribution in [1.29, 1.82) is 0 Å². The van der Waals surface area contributed by atoms with Gasteiger partial charge in [0, 0.05) is 7.97 Å². The molecular formula is C7H19NO. The first-order valence-electron chi connectivity index (χ1n) is 3.62.